The molecule has 1 heterocycles. The lowest BCUT2D eigenvalue weighted by atomic mass is 10.1. The largest absolute Gasteiger partial charge is 0.462 e. The molecule has 1 aromatic heterocycles. The molecule has 2 aromatic rings. The van der Waals surface area contributed by atoms with Gasteiger partial charge >= 0.3 is 18.3 Å². The number of carbonyl (C=O) groups excluding carboxylic acids is 1. The van der Waals surface area contributed by atoms with Crippen molar-refractivity contribution in [3.63, 3.8) is 0 Å². The topological polar surface area (TPSA) is 39.2 Å². The normalized spacial score (nSPS) is 12.5. The Kier molecular flexibility index (Phi) is 4.23. The van der Waals surface area contributed by atoms with Crippen molar-refractivity contribution < 1.29 is 35.9 Å². The summed E-state index contributed by atoms with van der Waals surface area (Å²) < 4.78 is 81.5. The molecule has 9 heteroatoms. The Labute approximate surface area is 125 Å². The van der Waals surface area contributed by atoms with Crippen LogP contribution in [-0.4, -0.2) is 17.6 Å². The van der Waals surface area contributed by atoms with Crippen LogP contribution in [0.4, 0.5) is 26.3 Å². The number of esters is 1. The molecule has 1 aromatic carbocycles. The molecule has 0 fully saturated rings. The van der Waals surface area contributed by atoms with Gasteiger partial charge in [0.05, 0.1) is 23.3 Å². The first-order valence-corrected chi connectivity index (χ1v) is 6.30. The molecule has 0 spiro atoms. The van der Waals surface area contributed by atoms with E-state index in [0.717, 1.165) is 6.07 Å². The van der Waals surface area contributed by atoms with E-state index < -0.39 is 35.1 Å². The molecule has 0 atom stereocenters. The molecular formula is C14H9F6NO2. The third kappa shape index (κ3) is 3.54. The van der Waals surface area contributed by atoms with Crippen LogP contribution in [0.1, 0.15) is 28.5 Å². The number of hydrogen-bond donors (Lipinski definition) is 0. The summed E-state index contributed by atoms with van der Waals surface area (Å²) in [6.07, 6.45) is -9.61. The summed E-state index contributed by atoms with van der Waals surface area (Å²) in [5, 5.41) is -0.240. The van der Waals surface area contributed by atoms with Crippen molar-refractivity contribution in [2.75, 3.05) is 6.61 Å². The van der Waals surface area contributed by atoms with Gasteiger partial charge in [-0.3, -0.25) is 0 Å². The molecule has 0 saturated heterocycles. The fraction of sp³-hybridized carbons (Fsp3) is 0.286. The van der Waals surface area contributed by atoms with Gasteiger partial charge in [-0.05, 0) is 31.2 Å². The van der Waals surface area contributed by atoms with Gasteiger partial charge in [-0.25, -0.2) is 9.78 Å². The maximum atomic E-state index is 13.0. The highest BCUT2D eigenvalue weighted by molar-refractivity contribution is 5.95. The van der Waals surface area contributed by atoms with Gasteiger partial charge in [-0.15, -0.1) is 0 Å². The molecule has 124 valence electrons. The van der Waals surface area contributed by atoms with Gasteiger partial charge < -0.3 is 4.74 Å². The van der Waals surface area contributed by atoms with Crippen LogP contribution in [0.15, 0.2) is 24.3 Å². The predicted octanol–water partition coefficient (Wildman–Crippen LogP) is 4.45. The maximum Gasteiger partial charge on any atom is 0.434 e. The average Bonchev–Trinajstić information content (AvgIpc) is 2.43. The molecule has 3 nitrogen and oxygen atoms in total. The van der Waals surface area contributed by atoms with Crippen molar-refractivity contribution in [1.82, 2.24) is 4.98 Å². The van der Waals surface area contributed by atoms with Crippen molar-refractivity contribution in [1.29, 1.82) is 0 Å². The zero-order valence-corrected chi connectivity index (χ0v) is 11.5. The number of halogens is 6. The molecule has 0 unspecified atom stereocenters. The number of benzene rings is 1. The molecule has 0 saturated carbocycles. The Morgan fingerprint density at radius 3 is 2.26 bits per heavy atom. The van der Waals surface area contributed by atoms with E-state index in [1.54, 1.807) is 0 Å². The van der Waals surface area contributed by atoms with Crippen molar-refractivity contribution in [3.05, 3.63) is 41.1 Å². The second-order valence-electron chi connectivity index (χ2n) is 4.51. The summed E-state index contributed by atoms with van der Waals surface area (Å²) in [6, 6.07) is 2.78. The fourth-order valence-electron chi connectivity index (χ4n) is 1.93. The highest BCUT2D eigenvalue weighted by atomic mass is 19.4. The minimum Gasteiger partial charge on any atom is -0.462 e. The Morgan fingerprint density at radius 1 is 1.09 bits per heavy atom. The lowest BCUT2D eigenvalue weighted by Gasteiger charge is -2.13. The van der Waals surface area contributed by atoms with E-state index in [1.807, 2.05) is 0 Å². The maximum absolute atomic E-state index is 13.0. The second-order valence-corrected chi connectivity index (χ2v) is 4.51. The molecule has 23 heavy (non-hydrogen) atoms. The van der Waals surface area contributed by atoms with Gasteiger partial charge in [0, 0.05) is 5.39 Å². The summed E-state index contributed by atoms with van der Waals surface area (Å²) in [7, 11) is 0. The van der Waals surface area contributed by atoms with E-state index in [1.165, 1.54) is 6.92 Å². The first kappa shape index (κ1) is 17.0. The Balaban J connectivity index is 2.71. The van der Waals surface area contributed by atoms with Gasteiger partial charge in [-0.1, -0.05) is 0 Å². The van der Waals surface area contributed by atoms with Gasteiger partial charge in [0.15, 0.2) is 5.69 Å². The number of carbonyl (C=O) groups is 1. The monoisotopic (exact) mass is 337 g/mol. The standard InChI is InChI=1S/C14H9F6NO2/c1-2-23-12(22)9-6-7-5-8(13(15,16)17)3-4-10(7)21-11(9)14(18,19)20/h3-6H,2H2,1H3. The Hall–Kier alpha value is -2.32. The van der Waals surface area contributed by atoms with Gasteiger partial charge in [0.1, 0.15) is 0 Å². The van der Waals surface area contributed by atoms with Crippen molar-refractivity contribution >= 4 is 16.9 Å². The number of aromatic nitrogens is 1. The van der Waals surface area contributed by atoms with E-state index in [9.17, 15) is 31.1 Å². The van der Waals surface area contributed by atoms with Crippen LogP contribution in [0.25, 0.3) is 10.9 Å². The summed E-state index contributed by atoms with van der Waals surface area (Å²) in [5.74, 6) is -1.30. The summed E-state index contributed by atoms with van der Waals surface area (Å²) >= 11 is 0. The second kappa shape index (κ2) is 5.71. The summed E-state index contributed by atoms with van der Waals surface area (Å²) in [6.45, 7) is 1.21. The number of hydrogen-bond acceptors (Lipinski definition) is 3. The zero-order valence-electron chi connectivity index (χ0n) is 11.5. The van der Waals surface area contributed by atoms with Crippen LogP contribution in [0.2, 0.25) is 0 Å². The first-order valence-electron chi connectivity index (χ1n) is 6.30. The number of nitrogens with zero attached hydrogens (tertiary/aromatic N) is 1. The minimum atomic E-state index is -4.95. The molecule has 0 amide bonds. The number of fused-ring (bicyclic) bond motifs is 1. The van der Waals surface area contributed by atoms with E-state index in [2.05, 4.69) is 9.72 Å². The Bertz CT molecular complexity index is 751. The number of ether oxygens (including phenoxy) is 1. The van der Waals surface area contributed by atoms with Crippen molar-refractivity contribution in [3.8, 4) is 0 Å². The Morgan fingerprint density at radius 2 is 1.74 bits per heavy atom. The molecule has 0 aliphatic rings. The lowest BCUT2D eigenvalue weighted by Crippen LogP contribution is -2.17. The van der Waals surface area contributed by atoms with Crippen LogP contribution < -0.4 is 0 Å². The minimum absolute atomic E-state index is 0.184. The van der Waals surface area contributed by atoms with Crippen molar-refractivity contribution in [2.45, 2.75) is 19.3 Å². The van der Waals surface area contributed by atoms with E-state index in [0.29, 0.717) is 18.2 Å². The van der Waals surface area contributed by atoms with Gasteiger partial charge in [0.25, 0.3) is 0 Å². The highest BCUT2D eigenvalue weighted by Crippen LogP contribution is 2.35. The zero-order chi connectivity index (χ0) is 17.4. The van der Waals surface area contributed by atoms with Crippen LogP contribution >= 0.6 is 0 Å². The van der Waals surface area contributed by atoms with Crippen LogP contribution in [-0.2, 0) is 17.1 Å². The fourth-order valence-corrected chi connectivity index (χ4v) is 1.93. The van der Waals surface area contributed by atoms with Crippen LogP contribution in [0.3, 0.4) is 0 Å². The number of rotatable bonds is 2. The summed E-state index contributed by atoms with van der Waals surface area (Å²) in [5.41, 5.74) is -3.78. The molecule has 0 radical (unpaired) electrons. The lowest BCUT2D eigenvalue weighted by molar-refractivity contribution is -0.141. The predicted molar refractivity (Wildman–Crippen MR) is 67.7 cm³/mol. The molecule has 0 bridgehead atoms. The average molecular weight is 337 g/mol. The molecule has 0 N–H and O–H groups in total. The highest BCUT2D eigenvalue weighted by Gasteiger charge is 2.38. The van der Waals surface area contributed by atoms with Gasteiger partial charge in [-0.2, -0.15) is 26.3 Å². The van der Waals surface area contributed by atoms with Crippen molar-refractivity contribution in [2.24, 2.45) is 0 Å². The van der Waals surface area contributed by atoms with E-state index in [-0.39, 0.29) is 17.5 Å². The van der Waals surface area contributed by atoms with Gasteiger partial charge in [0.2, 0.25) is 0 Å². The third-order valence-corrected chi connectivity index (χ3v) is 2.91. The SMILES string of the molecule is CCOC(=O)c1cc2cc(C(F)(F)F)ccc2nc1C(F)(F)F. The number of alkyl halides is 6. The molecule has 2 rings (SSSR count). The quantitative estimate of drug-likeness (QED) is 0.600. The molecule has 0 aliphatic carbocycles. The van der Waals surface area contributed by atoms with E-state index >= 15 is 0 Å². The number of pyridine rings is 1. The first-order chi connectivity index (χ1) is 10.5. The van der Waals surface area contributed by atoms with E-state index in [4.69, 9.17) is 0 Å². The smallest absolute Gasteiger partial charge is 0.434 e. The summed E-state index contributed by atoms with van der Waals surface area (Å²) in [4.78, 5) is 14.9. The van der Waals surface area contributed by atoms with Crippen LogP contribution in [0, 0.1) is 0 Å². The van der Waals surface area contributed by atoms with Crippen LogP contribution in [0.5, 0.6) is 0 Å². The third-order valence-electron chi connectivity index (χ3n) is 2.91. The molecule has 0 aliphatic heterocycles. The molecular weight excluding hydrogens is 328 g/mol.